The Kier molecular flexibility index (Phi) is 3.74. The fourth-order valence-electron chi connectivity index (χ4n) is 1.70. The summed E-state index contributed by atoms with van der Waals surface area (Å²) in [6.45, 7) is 0. The Bertz CT molecular complexity index is 671. The third-order valence-electron chi connectivity index (χ3n) is 2.70. The molecule has 110 valence electrons. The molecule has 0 bridgehead atoms. The van der Waals surface area contributed by atoms with Gasteiger partial charge in [-0.1, -0.05) is 0 Å². The van der Waals surface area contributed by atoms with Gasteiger partial charge in [0.2, 0.25) is 0 Å². The Hall–Kier alpha value is -2.71. The highest BCUT2D eigenvalue weighted by atomic mass is 19.4. The molecule has 0 aliphatic rings. The molecule has 0 amide bonds. The van der Waals surface area contributed by atoms with Crippen LogP contribution in [0.1, 0.15) is 5.56 Å². The van der Waals surface area contributed by atoms with E-state index in [-0.39, 0.29) is 17.2 Å². The number of nitrogens with one attached hydrogen (secondary N) is 1. The predicted octanol–water partition coefficient (Wildman–Crippen LogP) is 3.11. The van der Waals surface area contributed by atoms with Crippen molar-refractivity contribution in [2.45, 2.75) is 6.18 Å². The largest absolute Gasteiger partial charge is 0.419 e. The van der Waals surface area contributed by atoms with Crippen LogP contribution in [0.5, 0.6) is 0 Å². The van der Waals surface area contributed by atoms with Crippen LogP contribution in [0.3, 0.4) is 0 Å². The third kappa shape index (κ3) is 3.07. The summed E-state index contributed by atoms with van der Waals surface area (Å²) in [6.07, 6.45) is -2.19. The van der Waals surface area contributed by atoms with Gasteiger partial charge >= 0.3 is 12.0 Å². The summed E-state index contributed by atoms with van der Waals surface area (Å²) in [5.74, 6) is -0.671. The van der Waals surface area contributed by atoms with Crippen molar-refractivity contribution in [1.29, 1.82) is 0 Å². The van der Waals surface area contributed by atoms with Gasteiger partial charge in [0.15, 0.2) is 0 Å². The highest BCUT2D eigenvalue weighted by Gasteiger charge is 2.34. The van der Waals surface area contributed by atoms with E-state index >= 15 is 0 Å². The van der Waals surface area contributed by atoms with Crippen molar-refractivity contribution in [2.24, 2.45) is 0 Å². The first-order valence-corrected chi connectivity index (χ1v) is 5.68. The molecule has 2 aromatic heterocycles. The number of hydrogen-bond acceptors (Lipinski definition) is 5. The van der Waals surface area contributed by atoms with E-state index in [1.165, 1.54) is 19.3 Å². The van der Waals surface area contributed by atoms with Crippen molar-refractivity contribution in [3.05, 3.63) is 46.3 Å². The molecule has 0 saturated heterocycles. The Labute approximate surface area is 116 Å². The molecule has 0 aromatic carbocycles. The maximum atomic E-state index is 12.9. The number of nitrogens with zero attached hydrogens (tertiary/aromatic N) is 3. The summed E-state index contributed by atoms with van der Waals surface area (Å²) < 4.78 is 38.7. The lowest BCUT2D eigenvalue weighted by Gasteiger charge is -2.12. The van der Waals surface area contributed by atoms with Crippen molar-refractivity contribution in [1.82, 2.24) is 9.97 Å². The second-order valence-electron chi connectivity index (χ2n) is 4.03. The quantitative estimate of drug-likeness (QED) is 0.695. The summed E-state index contributed by atoms with van der Waals surface area (Å²) in [5, 5.41) is 12.9. The van der Waals surface area contributed by atoms with Crippen LogP contribution < -0.4 is 5.32 Å². The van der Waals surface area contributed by atoms with Gasteiger partial charge in [-0.2, -0.15) is 13.2 Å². The van der Waals surface area contributed by atoms with E-state index in [4.69, 9.17) is 0 Å². The van der Waals surface area contributed by atoms with E-state index in [0.29, 0.717) is 5.56 Å². The lowest BCUT2D eigenvalue weighted by Crippen LogP contribution is -2.10. The second-order valence-corrected chi connectivity index (χ2v) is 4.03. The number of alkyl halides is 3. The van der Waals surface area contributed by atoms with Crippen LogP contribution in [0.25, 0.3) is 11.1 Å². The zero-order chi connectivity index (χ0) is 15.6. The van der Waals surface area contributed by atoms with Crippen molar-refractivity contribution in [3.63, 3.8) is 0 Å². The standard InChI is InChI=1S/C12H9F3N4O2/c1-16-11-9(12(13,14)15)4-8(6-18-11)7-2-3-10(17-5-7)19(20)21/h2-6H,1H3,(H,16,18). The van der Waals surface area contributed by atoms with Gasteiger partial charge in [0.05, 0.1) is 5.56 Å². The molecule has 0 saturated carbocycles. The van der Waals surface area contributed by atoms with Gasteiger partial charge in [-0.3, -0.25) is 0 Å². The number of halogens is 3. The minimum atomic E-state index is -4.56. The molecule has 0 atom stereocenters. The Balaban J connectivity index is 2.47. The van der Waals surface area contributed by atoms with Crippen LogP contribution in [0.2, 0.25) is 0 Å². The van der Waals surface area contributed by atoms with Crippen molar-refractivity contribution < 1.29 is 18.1 Å². The van der Waals surface area contributed by atoms with Gasteiger partial charge in [-0.25, -0.2) is 4.98 Å². The molecule has 9 heteroatoms. The van der Waals surface area contributed by atoms with E-state index in [1.54, 1.807) is 0 Å². The molecule has 2 aromatic rings. The van der Waals surface area contributed by atoms with Crippen LogP contribution in [-0.4, -0.2) is 21.9 Å². The number of hydrogen-bond donors (Lipinski definition) is 1. The number of aromatic nitrogens is 2. The summed E-state index contributed by atoms with van der Waals surface area (Å²) in [7, 11) is 1.34. The average molecular weight is 298 g/mol. The third-order valence-corrected chi connectivity index (χ3v) is 2.70. The van der Waals surface area contributed by atoms with Crippen molar-refractivity contribution in [2.75, 3.05) is 12.4 Å². The molecule has 0 aliphatic carbocycles. The van der Waals surface area contributed by atoms with Gasteiger partial charge in [0.1, 0.15) is 12.0 Å². The van der Waals surface area contributed by atoms with E-state index in [2.05, 4.69) is 15.3 Å². The number of rotatable bonds is 3. The van der Waals surface area contributed by atoms with E-state index < -0.39 is 16.7 Å². The molecule has 0 spiro atoms. The zero-order valence-corrected chi connectivity index (χ0v) is 10.7. The van der Waals surface area contributed by atoms with E-state index in [0.717, 1.165) is 18.3 Å². The molecule has 0 fully saturated rings. The van der Waals surface area contributed by atoms with Crippen LogP contribution in [0.4, 0.5) is 24.8 Å². The molecular formula is C12H9F3N4O2. The van der Waals surface area contributed by atoms with E-state index in [1.807, 2.05) is 0 Å². The molecule has 2 heterocycles. The molecule has 2 rings (SSSR count). The summed E-state index contributed by atoms with van der Waals surface area (Å²) in [5.41, 5.74) is -0.439. The lowest BCUT2D eigenvalue weighted by atomic mass is 10.1. The SMILES string of the molecule is CNc1ncc(-c2ccc([N+](=O)[O-])nc2)cc1C(F)(F)F. The van der Waals surface area contributed by atoms with Gasteiger partial charge in [-0.15, -0.1) is 0 Å². The second kappa shape index (κ2) is 5.35. The predicted molar refractivity (Wildman–Crippen MR) is 68.7 cm³/mol. The average Bonchev–Trinajstić information content (AvgIpc) is 2.45. The summed E-state index contributed by atoms with van der Waals surface area (Å²) >= 11 is 0. The normalized spacial score (nSPS) is 11.2. The van der Waals surface area contributed by atoms with Crippen LogP contribution in [0, 0.1) is 10.1 Å². The summed E-state index contributed by atoms with van der Waals surface area (Å²) in [4.78, 5) is 17.1. The topological polar surface area (TPSA) is 81.0 Å². The first-order chi connectivity index (χ1) is 9.82. The zero-order valence-electron chi connectivity index (χ0n) is 10.7. The van der Waals surface area contributed by atoms with Crippen LogP contribution >= 0.6 is 0 Å². The maximum Gasteiger partial charge on any atom is 0.419 e. The van der Waals surface area contributed by atoms with Crippen LogP contribution in [0.15, 0.2) is 30.6 Å². The molecule has 0 unspecified atom stereocenters. The Morgan fingerprint density at radius 3 is 2.33 bits per heavy atom. The number of pyridine rings is 2. The minimum absolute atomic E-state index is 0.170. The van der Waals surface area contributed by atoms with Crippen LogP contribution in [-0.2, 0) is 6.18 Å². The molecule has 0 radical (unpaired) electrons. The van der Waals surface area contributed by atoms with Gasteiger partial charge in [0, 0.05) is 30.4 Å². The molecule has 1 N–H and O–H groups in total. The first-order valence-electron chi connectivity index (χ1n) is 5.68. The number of anilines is 1. The minimum Gasteiger partial charge on any atom is -0.373 e. The van der Waals surface area contributed by atoms with Crippen molar-refractivity contribution in [3.8, 4) is 11.1 Å². The highest BCUT2D eigenvalue weighted by molar-refractivity contribution is 5.66. The molecule has 0 aliphatic heterocycles. The number of nitro groups is 1. The maximum absolute atomic E-state index is 12.9. The first kappa shape index (κ1) is 14.7. The van der Waals surface area contributed by atoms with E-state index in [9.17, 15) is 23.3 Å². The Morgan fingerprint density at radius 1 is 1.19 bits per heavy atom. The smallest absolute Gasteiger partial charge is 0.373 e. The Morgan fingerprint density at radius 2 is 1.86 bits per heavy atom. The van der Waals surface area contributed by atoms with Gasteiger partial charge in [0.25, 0.3) is 0 Å². The lowest BCUT2D eigenvalue weighted by molar-refractivity contribution is -0.389. The monoisotopic (exact) mass is 298 g/mol. The molecule has 21 heavy (non-hydrogen) atoms. The highest BCUT2D eigenvalue weighted by Crippen LogP contribution is 2.36. The molecular weight excluding hydrogens is 289 g/mol. The fraction of sp³-hybridized carbons (Fsp3) is 0.167. The van der Waals surface area contributed by atoms with Gasteiger partial charge in [-0.05, 0) is 22.0 Å². The molecule has 6 nitrogen and oxygen atoms in total. The van der Waals surface area contributed by atoms with Crippen molar-refractivity contribution >= 4 is 11.6 Å². The van der Waals surface area contributed by atoms with Gasteiger partial charge < -0.3 is 15.4 Å². The summed E-state index contributed by atoms with van der Waals surface area (Å²) in [6, 6.07) is 3.36. The fourth-order valence-corrected chi connectivity index (χ4v) is 1.70.